The van der Waals surface area contributed by atoms with Gasteiger partial charge in [0.2, 0.25) is 0 Å². The van der Waals surface area contributed by atoms with Gasteiger partial charge in [-0.05, 0) is 18.2 Å². The first-order valence-corrected chi connectivity index (χ1v) is 4.24. The lowest BCUT2D eigenvalue weighted by molar-refractivity contribution is -0.135. The number of hydrogen-bond donors (Lipinski definition) is 2. The molecule has 2 N–H and O–H groups in total. The molecule has 0 aliphatic heterocycles. The van der Waals surface area contributed by atoms with Crippen molar-refractivity contribution in [1.29, 1.82) is 0 Å². The Kier molecular flexibility index (Phi) is 3.62. The van der Waals surface area contributed by atoms with E-state index in [1.54, 1.807) is 0 Å². The van der Waals surface area contributed by atoms with Crippen LogP contribution in [0.15, 0.2) is 18.2 Å². The van der Waals surface area contributed by atoms with E-state index in [1.165, 1.54) is 0 Å². The SMILES string of the molecule is O=C(O)CC#Cc1cc(C(=O)O)ccc1F. The molecule has 4 nitrogen and oxygen atoms in total. The first-order chi connectivity index (χ1) is 7.50. The van der Waals surface area contributed by atoms with Gasteiger partial charge in [0.1, 0.15) is 12.2 Å². The highest BCUT2D eigenvalue weighted by atomic mass is 19.1. The minimum absolute atomic E-state index is 0.0963. The van der Waals surface area contributed by atoms with Crippen LogP contribution in [0.3, 0.4) is 0 Å². The molecule has 16 heavy (non-hydrogen) atoms. The van der Waals surface area contributed by atoms with Gasteiger partial charge in [-0.2, -0.15) is 0 Å². The van der Waals surface area contributed by atoms with E-state index in [1.807, 2.05) is 0 Å². The molecule has 0 bridgehead atoms. The van der Waals surface area contributed by atoms with Crippen molar-refractivity contribution < 1.29 is 24.2 Å². The largest absolute Gasteiger partial charge is 0.481 e. The molecule has 1 rings (SSSR count). The van der Waals surface area contributed by atoms with E-state index in [9.17, 15) is 14.0 Å². The summed E-state index contributed by atoms with van der Waals surface area (Å²) in [6, 6.07) is 3.15. The Labute approximate surface area is 90.3 Å². The van der Waals surface area contributed by atoms with Gasteiger partial charge in [-0.1, -0.05) is 11.8 Å². The molecule has 0 fully saturated rings. The molecule has 5 heteroatoms. The zero-order chi connectivity index (χ0) is 12.1. The predicted octanol–water partition coefficient (Wildman–Crippen LogP) is 1.35. The second kappa shape index (κ2) is 4.94. The van der Waals surface area contributed by atoms with Crippen molar-refractivity contribution in [3.05, 3.63) is 35.1 Å². The number of benzene rings is 1. The first kappa shape index (κ1) is 11.7. The maximum atomic E-state index is 13.1. The van der Waals surface area contributed by atoms with Crippen molar-refractivity contribution in [2.24, 2.45) is 0 Å². The standard InChI is InChI=1S/C11H7FO4/c12-9-5-4-8(11(15)16)6-7(9)2-1-3-10(13)14/h4-6H,3H2,(H,13,14)(H,15,16). The topological polar surface area (TPSA) is 74.6 Å². The number of rotatable bonds is 2. The Balaban J connectivity index is 3.01. The van der Waals surface area contributed by atoms with E-state index < -0.39 is 24.2 Å². The lowest BCUT2D eigenvalue weighted by atomic mass is 10.1. The van der Waals surface area contributed by atoms with Gasteiger partial charge < -0.3 is 10.2 Å². The van der Waals surface area contributed by atoms with E-state index in [2.05, 4.69) is 11.8 Å². The second-order valence-corrected chi connectivity index (χ2v) is 2.87. The summed E-state index contributed by atoms with van der Waals surface area (Å²) in [5, 5.41) is 17.0. The fraction of sp³-hybridized carbons (Fsp3) is 0.0909. The monoisotopic (exact) mass is 222 g/mol. The minimum Gasteiger partial charge on any atom is -0.481 e. The van der Waals surface area contributed by atoms with Crippen LogP contribution < -0.4 is 0 Å². The van der Waals surface area contributed by atoms with E-state index in [4.69, 9.17) is 10.2 Å². The summed E-state index contributed by atoms with van der Waals surface area (Å²) in [5.41, 5.74) is -0.220. The highest BCUT2D eigenvalue weighted by molar-refractivity contribution is 5.88. The zero-order valence-corrected chi connectivity index (χ0v) is 8.03. The van der Waals surface area contributed by atoms with Crippen molar-refractivity contribution in [2.75, 3.05) is 0 Å². The Hall–Kier alpha value is -2.35. The summed E-state index contributed by atoms with van der Waals surface area (Å²) in [5.74, 6) is 1.50. The van der Waals surface area contributed by atoms with Crippen LogP contribution in [-0.2, 0) is 4.79 Å². The van der Waals surface area contributed by atoms with Crippen molar-refractivity contribution >= 4 is 11.9 Å². The van der Waals surface area contributed by atoms with Crippen LogP contribution in [-0.4, -0.2) is 22.2 Å². The van der Waals surface area contributed by atoms with Crippen LogP contribution in [0.5, 0.6) is 0 Å². The quantitative estimate of drug-likeness (QED) is 0.740. The van der Waals surface area contributed by atoms with Crippen molar-refractivity contribution in [3.63, 3.8) is 0 Å². The summed E-state index contributed by atoms with van der Waals surface area (Å²) in [6.07, 6.45) is -0.420. The molecule has 1 aromatic rings. The molecule has 0 heterocycles. The highest BCUT2D eigenvalue weighted by Crippen LogP contribution is 2.09. The molecular weight excluding hydrogens is 215 g/mol. The Morgan fingerprint density at radius 1 is 1.31 bits per heavy atom. The lowest BCUT2D eigenvalue weighted by Gasteiger charge is -1.96. The van der Waals surface area contributed by atoms with Crippen LogP contribution in [0.1, 0.15) is 22.3 Å². The van der Waals surface area contributed by atoms with E-state index in [0.717, 1.165) is 18.2 Å². The lowest BCUT2D eigenvalue weighted by Crippen LogP contribution is -1.98. The molecule has 82 valence electrons. The average Bonchev–Trinajstić information content (AvgIpc) is 2.20. The third kappa shape index (κ3) is 3.10. The molecule has 0 saturated heterocycles. The normalized spacial score (nSPS) is 9.06. The summed E-state index contributed by atoms with van der Waals surface area (Å²) < 4.78 is 13.1. The van der Waals surface area contributed by atoms with Crippen LogP contribution in [0.2, 0.25) is 0 Å². The third-order valence-corrected chi connectivity index (χ3v) is 1.68. The smallest absolute Gasteiger partial charge is 0.335 e. The number of aromatic carboxylic acids is 1. The van der Waals surface area contributed by atoms with Gasteiger partial charge in [-0.3, -0.25) is 4.79 Å². The number of carboxylic acid groups (broad SMARTS) is 2. The predicted molar refractivity (Wildman–Crippen MR) is 52.5 cm³/mol. The van der Waals surface area contributed by atoms with Crippen LogP contribution in [0, 0.1) is 17.7 Å². The molecule has 0 unspecified atom stereocenters. The van der Waals surface area contributed by atoms with E-state index in [-0.39, 0.29) is 11.1 Å². The molecule has 0 atom stereocenters. The molecule has 0 amide bonds. The van der Waals surface area contributed by atoms with Crippen molar-refractivity contribution in [2.45, 2.75) is 6.42 Å². The van der Waals surface area contributed by atoms with Gasteiger partial charge in [-0.15, -0.1) is 0 Å². The van der Waals surface area contributed by atoms with Crippen molar-refractivity contribution in [3.8, 4) is 11.8 Å². The molecule has 0 spiro atoms. The summed E-state index contributed by atoms with van der Waals surface area (Å²) in [4.78, 5) is 20.7. The third-order valence-electron chi connectivity index (χ3n) is 1.68. The summed E-state index contributed by atoms with van der Waals surface area (Å²) in [6.45, 7) is 0. The van der Waals surface area contributed by atoms with Crippen LogP contribution >= 0.6 is 0 Å². The van der Waals surface area contributed by atoms with Gasteiger partial charge in [0.15, 0.2) is 0 Å². The molecule has 0 aromatic heterocycles. The molecule has 0 saturated carbocycles. The maximum absolute atomic E-state index is 13.1. The number of carboxylic acids is 2. The van der Waals surface area contributed by atoms with Gasteiger partial charge in [-0.25, -0.2) is 9.18 Å². The first-order valence-electron chi connectivity index (χ1n) is 4.24. The molecule has 0 aliphatic carbocycles. The summed E-state index contributed by atoms with van der Waals surface area (Å²) in [7, 11) is 0. The molecular formula is C11H7FO4. The van der Waals surface area contributed by atoms with E-state index in [0.29, 0.717) is 0 Å². The fourth-order valence-corrected chi connectivity index (χ4v) is 0.969. The summed E-state index contributed by atoms with van der Waals surface area (Å²) >= 11 is 0. The number of hydrogen-bond acceptors (Lipinski definition) is 2. The van der Waals surface area contributed by atoms with Crippen LogP contribution in [0.4, 0.5) is 4.39 Å². The average molecular weight is 222 g/mol. The van der Waals surface area contributed by atoms with Gasteiger partial charge in [0, 0.05) is 0 Å². The fourth-order valence-electron chi connectivity index (χ4n) is 0.969. The van der Waals surface area contributed by atoms with Gasteiger partial charge in [0.05, 0.1) is 11.1 Å². The highest BCUT2D eigenvalue weighted by Gasteiger charge is 2.06. The Bertz CT molecular complexity index is 496. The van der Waals surface area contributed by atoms with Gasteiger partial charge in [0.25, 0.3) is 0 Å². The molecule has 0 aliphatic rings. The number of aliphatic carboxylic acids is 1. The maximum Gasteiger partial charge on any atom is 0.335 e. The zero-order valence-electron chi connectivity index (χ0n) is 8.03. The minimum atomic E-state index is -1.19. The van der Waals surface area contributed by atoms with Gasteiger partial charge >= 0.3 is 11.9 Å². The number of carbonyl (C=O) groups is 2. The Morgan fingerprint density at radius 2 is 2.00 bits per heavy atom. The molecule has 0 radical (unpaired) electrons. The van der Waals surface area contributed by atoms with E-state index >= 15 is 0 Å². The Morgan fingerprint density at radius 3 is 2.56 bits per heavy atom. The van der Waals surface area contributed by atoms with Crippen molar-refractivity contribution in [1.82, 2.24) is 0 Å². The molecule has 1 aromatic carbocycles. The second-order valence-electron chi connectivity index (χ2n) is 2.87. The number of halogens is 1. The van der Waals surface area contributed by atoms with Crippen LogP contribution in [0.25, 0.3) is 0 Å².